The Labute approximate surface area is 73.6 Å². The Hall–Kier alpha value is -1.05. The summed E-state index contributed by atoms with van der Waals surface area (Å²) in [6.07, 6.45) is 10.1. The number of aldehydes is 1. The van der Waals surface area contributed by atoms with E-state index in [1.807, 2.05) is 18.5 Å². The highest BCUT2D eigenvalue weighted by Crippen LogP contribution is 2.10. The van der Waals surface area contributed by atoms with Crippen LogP contribution in [0.4, 0.5) is 0 Å². The third-order valence-electron chi connectivity index (χ3n) is 1.90. The standard InChI is InChI=1S/C10H15NO/c1-2-3-6-11-7-4-5-10(8-11)9-12/h4,7-9H,2-3,5-6H2,1H3. The molecule has 1 heterocycles. The van der Waals surface area contributed by atoms with Gasteiger partial charge in [0.25, 0.3) is 0 Å². The maximum absolute atomic E-state index is 10.5. The highest BCUT2D eigenvalue weighted by Gasteiger charge is 2.02. The molecule has 0 amide bonds. The fourth-order valence-corrected chi connectivity index (χ4v) is 1.19. The molecule has 2 heteroatoms. The Kier molecular flexibility index (Phi) is 3.58. The van der Waals surface area contributed by atoms with Crippen LogP contribution in [-0.4, -0.2) is 17.7 Å². The lowest BCUT2D eigenvalue weighted by molar-refractivity contribution is -0.105. The quantitative estimate of drug-likeness (QED) is 0.594. The lowest BCUT2D eigenvalue weighted by atomic mass is 10.2. The van der Waals surface area contributed by atoms with E-state index in [4.69, 9.17) is 0 Å². The summed E-state index contributed by atoms with van der Waals surface area (Å²) in [5, 5.41) is 0. The summed E-state index contributed by atoms with van der Waals surface area (Å²) < 4.78 is 0. The minimum Gasteiger partial charge on any atom is -0.354 e. The van der Waals surface area contributed by atoms with Gasteiger partial charge in [0.1, 0.15) is 6.29 Å². The normalized spacial score (nSPS) is 16.1. The maximum Gasteiger partial charge on any atom is 0.147 e. The Morgan fingerprint density at radius 3 is 3.17 bits per heavy atom. The minimum atomic E-state index is 0.784. The molecule has 1 rings (SSSR count). The first-order valence-electron chi connectivity index (χ1n) is 4.45. The molecule has 0 saturated heterocycles. The van der Waals surface area contributed by atoms with E-state index >= 15 is 0 Å². The van der Waals surface area contributed by atoms with Crippen LogP contribution in [0.3, 0.4) is 0 Å². The van der Waals surface area contributed by atoms with Crippen LogP contribution in [0.2, 0.25) is 0 Å². The van der Waals surface area contributed by atoms with Crippen molar-refractivity contribution in [2.45, 2.75) is 26.2 Å². The van der Waals surface area contributed by atoms with Crippen molar-refractivity contribution >= 4 is 6.29 Å². The average Bonchev–Trinajstić information content (AvgIpc) is 2.15. The molecule has 2 nitrogen and oxygen atoms in total. The van der Waals surface area contributed by atoms with Crippen molar-refractivity contribution in [1.29, 1.82) is 0 Å². The van der Waals surface area contributed by atoms with Crippen LogP contribution in [0, 0.1) is 0 Å². The van der Waals surface area contributed by atoms with Crippen LogP contribution in [-0.2, 0) is 4.79 Å². The summed E-state index contributed by atoms with van der Waals surface area (Å²) in [6.45, 7) is 3.18. The fraction of sp³-hybridized carbons (Fsp3) is 0.500. The summed E-state index contributed by atoms with van der Waals surface area (Å²) in [6, 6.07) is 0. The zero-order chi connectivity index (χ0) is 8.81. The van der Waals surface area contributed by atoms with Crippen molar-refractivity contribution in [2.24, 2.45) is 0 Å². The molecule has 0 saturated carbocycles. The van der Waals surface area contributed by atoms with Gasteiger partial charge in [-0.15, -0.1) is 0 Å². The first kappa shape index (κ1) is 9.04. The van der Waals surface area contributed by atoms with Crippen LogP contribution in [0.25, 0.3) is 0 Å². The van der Waals surface area contributed by atoms with Gasteiger partial charge in [-0.3, -0.25) is 4.79 Å². The van der Waals surface area contributed by atoms with E-state index < -0.39 is 0 Å². The summed E-state index contributed by atoms with van der Waals surface area (Å²) in [5.74, 6) is 0. The van der Waals surface area contributed by atoms with Crippen molar-refractivity contribution in [2.75, 3.05) is 6.54 Å². The van der Waals surface area contributed by atoms with Crippen LogP contribution in [0.15, 0.2) is 24.0 Å². The van der Waals surface area contributed by atoms with Gasteiger partial charge < -0.3 is 4.90 Å². The lowest BCUT2D eigenvalue weighted by Gasteiger charge is -2.18. The Morgan fingerprint density at radius 1 is 1.67 bits per heavy atom. The number of rotatable bonds is 4. The van der Waals surface area contributed by atoms with Crippen molar-refractivity contribution in [3.63, 3.8) is 0 Å². The molecule has 0 aliphatic carbocycles. The minimum absolute atomic E-state index is 0.784. The van der Waals surface area contributed by atoms with Crippen molar-refractivity contribution in [3.05, 3.63) is 24.0 Å². The number of hydrogen-bond acceptors (Lipinski definition) is 2. The first-order chi connectivity index (χ1) is 5.86. The molecule has 1 aliphatic rings. The molecule has 12 heavy (non-hydrogen) atoms. The maximum atomic E-state index is 10.5. The largest absolute Gasteiger partial charge is 0.354 e. The van der Waals surface area contributed by atoms with Gasteiger partial charge in [-0.1, -0.05) is 19.4 Å². The molecule has 0 bridgehead atoms. The summed E-state index contributed by atoms with van der Waals surface area (Å²) >= 11 is 0. The average molecular weight is 165 g/mol. The number of hydrogen-bond donors (Lipinski definition) is 0. The van der Waals surface area contributed by atoms with E-state index in [9.17, 15) is 4.79 Å². The lowest BCUT2D eigenvalue weighted by Crippen LogP contribution is -2.14. The van der Waals surface area contributed by atoms with Gasteiger partial charge in [0.15, 0.2) is 0 Å². The SMILES string of the molecule is CCCCN1C=CCC(C=O)=C1. The molecule has 0 atom stereocenters. The second kappa shape index (κ2) is 4.75. The molecule has 1 aliphatic heterocycles. The molecular weight excluding hydrogens is 150 g/mol. The van der Waals surface area contributed by atoms with E-state index in [1.165, 1.54) is 12.8 Å². The van der Waals surface area contributed by atoms with Gasteiger partial charge in [-0.25, -0.2) is 0 Å². The molecule has 0 aromatic rings. The zero-order valence-electron chi connectivity index (χ0n) is 7.49. The molecular formula is C10H15NO. The van der Waals surface area contributed by atoms with Crippen LogP contribution < -0.4 is 0 Å². The highest BCUT2D eigenvalue weighted by molar-refractivity contribution is 5.73. The fourth-order valence-electron chi connectivity index (χ4n) is 1.19. The van der Waals surface area contributed by atoms with Crippen molar-refractivity contribution in [1.82, 2.24) is 4.90 Å². The number of carbonyl (C=O) groups is 1. The topological polar surface area (TPSA) is 20.3 Å². The molecule has 0 N–H and O–H groups in total. The molecule has 0 aromatic carbocycles. The van der Waals surface area contributed by atoms with Gasteiger partial charge >= 0.3 is 0 Å². The van der Waals surface area contributed by atoms with E-state index in [2.05, 4.69) is 11.8 Å². The molecule has 66 valence electrons. The van der Waals surface area contributed by atoms with Crippen molar-refractivity contribution in [3.8, 4) is 0 Å². The Bertz CT molecular complexity index is 206. The van der Waals surface area contributed by atoms with Crippen LogP contribution in [0.1, 0.15) is 26.2 Å². The van der Waals surface area contributed by atoms with E-state index in [0.29, 0.717) is 0 Å². The number of unbranched alkanes of at least 4 members (excludes halogenated alkanes) is 1. The van der Waals surface area contributed by atoms with E-state index in [-0.39, 0.29) is 0 Å². The predicted molar refractivity (Wildman–Crippen MR) is 49.5 cm³/mol. The summed E-state index contributed by atoms with van der Waals surface area (Å²) in [7, 11) is 0. The Balaban J connectivity index is 2.43. The first-order valence-corrected chi connectivity index (χ1v) is 4.45. The van der Waals surface area contributed by atoms with E-state index in [0.717, 1.165) is 24.8 Å². The number of nitrogens with zero attached hydrogens (tertiary/aromatic N) is 1. The van der Waals surface area contributed by atoms with Crippen molar-refractivity contribution < 1.29 is 4.79 Å². The Morgan fingerprint density at radius 2 is 2.50 bits per heavy atom. The van der Waals surface area contributed by atoms with Gasteiger partial charge in [-0.2, -0.15) is 0 Å². The molecule has 0 radical (unpaired) electrons. The third kappa shape index (κ3) is 2.53. The second-order valence-corrected chi connectivity index (χ2v) is 3.00. The third-order valence-corrected chi connectivity index (χ3v) is 1.90. The summed E-state index contributed by atoms with van der Waals surface area (Å²) in [4.78, 5) is 12.5. The summed E-state index contributed by atoms with van der Waals surface area (Å²) in [5.41, 5.74) is 0.869. The predicted octanol–water partition coefficient (Wildman–Crippen LogP) is 2.09. The van der Waals surface area contributed by atoms with Gasteiger partial charge in [-0.05, 0) is 19.0 Å². The zero-order valence-corrected chi connectivity index (χ0v) is 7.49. The van der Waals surface area contributed by atoms with Gasteiger partial charge in [0.2, 0.25) is 0 Å². The van der Waals surface area contributed by atoms with Crippen LogP contribution in [0.5, 0.6) is 0 Å². The molecule has 0 unspecified atom stereocenters. The molecule has 0 fully saturated rings. The molecule has 0 spiro atoms. The van der Waals surface area contributed by atoms with Gasteiger partial charge in [0.05, 0.1) is 0 Å². The smallest absolute Gasteiger partial charge is 0.147 e. The second-order valence-electron chi connectivity index (χ2n) is 3.00. The monoisotopic (exact) mass is 165 g/mol. The molecule has 0 aromatic heterocycles. The number of allylic oxidation sites excluding steroid dienone is 2. The van der Waals surface area contributed by atoms with E-state index in [1.54, 1.807) is 0 Å². The van der Waals surface area contributed by atoms with Gasteiger partial charge in [0, 0.05) is 18.3 Å². The number of carbonyl (C=O) groups excluding carboxylic acids is 1. The van der Waals surface area contributed by atoms with Crippen LogP contribution >= 0.6 is 0 Å². The highest BCUT2D eigenvalue weighted by atomic mass is 16.1.